The Labute approximate surface area is 115 Å². The quantitative estimate of drug-likeness (QED) is 0.733. The van der Waals surface area contributed by atoms with Crippen LogP contribution in [0.1, 0.15) is 45.1 Å². The number of rotatable bonds is 8. The number of hydrogen-bond acceptors (Lipinski definition) is 3. The maximum Gasteiger partial charge on any atom is 0.223 e. The molecule has 0 aliphatic carbocycles. The van der Waals surface area contributed by atoms with E-state index in [0.29, 0.717) is 23.4 Å². The summed E-state index contributed by atoms with van der Waals surface area (Å²) in [6.45, 7) is 5.08. The van der Waals surface area contributed by atoms with Gasteiger partial charge in [0.2, 0.25) is 5.88 Å². The van der Waals surface area contributed by atoms with Crippen molar-refractivity contribution >= 4 is 17.2 Å². The minimum Gasteiger partial charge on any atom is -0.477 e. The maximum atomic E-state index is 5.77. The highest BCUT2D eigenvalue weighted by molar-refractivity contribution is 7.80. The van der Waals surface area contributed by atoms with Gasteiger partial charge in [0.15, 0.2) is 0 Å². The Morgan fingerprint density at radius 1 is 1.50 bits per heavy atom. The van der Waals surface area contributed by atoms with E-state index in [9.17, 15) is 0 Å². The number of pyridine rings is 1. The fourth-order valence-corrected chi connectivity index (χ4v) is 1.94. The molecule has 0 bridgehead atoms. The summed E-state index contributed by atoms with van der Waals surface area (Å²) in [6, 6.07) is 3.66. The maximum absolute atomic E-state index is 5.77. The standard InChI is InChI=1S/C14H22N2OS/c1-3-5-7-11(4-2)10-17-14-12(13(15)18)8-6-9-16-14/h6,8-9,11H,3-5,7,10H2,1-2H3,(H2,15,18). The van der Waals surface area contributed by atoms with Crippen LogP contribution in [0.3, 0.4) is 0 Å². The number of ether oxygens (including phenoxy) is 1. The lowest BCUT2D eigenvalue weighted by molar-refractivity contribution is 0.225. The zero-order valence-corrected chi connectivity index (χ0v) is 12.0. The van der Waals surface area contributed by atoms with Gasteiger partial charge in [0.25, 0.3) is 0 Å². The summed E-state index contributed by atoms with van der Waals surface area (Å²) < 4.78 is 5.77. The largest absolute Gasteiger partial charge is 0.477 e. The average Bonchev–Trinajstić information content (AvgIpc) is 2.39. The van der Waals surface area contributed by atoms with Crippen molar-refractivity contribution in [3.8, 4) is 5.88 Å². The Balaban J connectivity index is 2.59. The van der Waals surface area contributed by atoms with Gasteiger partial charge in [-0.05, 0) is 24.5 Å². The second-order valence-corrected chi connectivity index (χ2v) is 4.89. The van der Waals surface area contributed by atoms with Crippen LogP contribution in [0.25, 0.3) is 0 Å². The van der Waals surface area contributed by atoms with Gasteiger partial charge in [-0.25, -0.2) is 4.98 Å². The molecule has 0 aliphatic rings. The lowest BCUT2D eigenvalue weighted by Gasteiger charge is -2.16. The van der Waals surface area contributed by atoms with E-state index in [2.05, 4.69) is 18.8 Å². The average molecular weight is 266 g/mol. The molecular formula is C14H22N2OS. The first kappa shape index (κ1) is 14.9. The van der Waals surface area contributed by atoms with Gasteiger partial charge in [-0.3, -0.25) is 0 Å². The smallest absolute Gasteiger partial charge is 0.223 e. The van der Waals surface area contributed by atoms with Gasteiger partial charge < -0.3 is 10.5 Å². The first-order chi connectivity index (χ1) is 8.69. The SMILES string of the molecule is CCCCC(CC)COc1ncccc1C(N)=S. The summed E-state index contributed by atoms with van der Waals surface area (Å²) in [6.07, 6.45) is 6.48. The molecule has 0 aliphatic heterocycles. The predicted octanol–water partition coefficient (Wildman–Crippen LogP) is 3.31. The summed E-state index contributed by atoms with van der Waals surface area (Å²) in [4.78, 5) is 4.53. The van der Waals surface area contributed by atoms with Gasteiger partial charge in [-0.1, -0.05) is 45.3 Å². The van der Waals surface area contributed by atoms with E-state index in [1.807, 2.05) is 12.1 Å². The van der Waals surface area contributed by atoms with E-state index < -0.39 is 0 Å². The van der Waals surface area contributed by atoms with Crippen LogP contribution in [0.5, 0.6) is 5.88 Å². The zero-order valence-electron chi connectivity index (χ0n) is 11.2. The van der Waals surface area contributed by atoms with Crippen molar-refractivity contribution in [2.75, 3.05) is 6.61 Å². The van der Waals surface area contributed by atoms with Crippen LogP contribution < -0.4 is 10.5 Å². The summed E-state index contributed by atoms with van der Waals surface area (Å²) in [5.41, 5.74) is 6.37. The minimum atomic E-state index is 0.333. The molecule has 1 aromatic heterocycles. The van der Waals surface area contributed by atoms with Crippen molar-refractivity contribution in [1.29, 1.82) is 0 Å². The molecule has 1 aromatic rings. The van der Waals surface area contributed by atoms with Crippen LogP contribution in [-0.4, -0.2) is 16.6 Å². The van der Waals surface area contributed by atoms with Crippen LogP contribution in [-0.2, 0) is 0 Å². The van der Waals surface area contributed by atoms with Crippen LogP contribution in [0.2, 0.25) is 0 Å². The van der Waals surface area contributed by atoms with E-state index in [-0.39, 0.29) is 0 Å². The highest BCUT2D eigenvalue weighted by Gasteiger charge is 2.11. The van der Waals surface area contributed by atoms with Crippen LogP contribution in [0, 0.1) is 5.92 Å². The molecule has 2 N–H and O–H groups in total. The Morgan fingerprint density at radius 2 is 2.28 bits per heavy atom. The molecule has 18 heavy (non-hydrogen) atoms. The zero-order chi connectivity index (χ0) is 13.4. The van der Waals surface area contributed by atoms with Crippen molar-refractivity contribution in [3.05, 3.63) is 23.9 Å². The van der Waals surface area contributed by atoms with Gasteiger partial charge in [0.05, 0.1) is 12.2 Å². The normalized spacial score (nSPS) is 12.1. The fraction of sp³-hybridized carbons (Fsp3) is 0.571. The summed E-state index contributed by atoms with van der Waals surface area (Å²) >= 11 is 4.99. The second-order valence-electron chi connectivity index (χ2n) is 4.45. The molecule has 0 saturated carbocycles. The van der Waals surface area contributed by atoms with Crippen LogP contribution >= 0.6 is 12.2 Å². The number of unbranched alkanes of at least 4 members (excludes halogenated alkanes) is 1. The monoisotopic (exact) mass is 266 g/mol. The highest BCUT2D eigenvalue weighted by Crippen LogP contribution is 2.18. The van der Waals surface area contributed by atoms with Gasteiger partial charge in [0, 0.05) is 6.20 Å². The van der Waals surface area contributed by atoms with E-state index in [4.69, 9.17) is 22.7 Å². The number of nitrogens with two attached hydrogens (primary N) is 1. The molecular weight excluding hydrogens is 244 g/mol. The number of nitrogens with zero attached hydrogens (tertiary/aromatic N) is 1. The molecule has 1 heterocycles. The molecule has 4 heteroatoms. The van der Waals surface area contributed by atoms with Gasteiger partial charge in [0.1, 0.15) is 4.99 Å². The van der Waals surface area contributed by atoms with Crippen molar-refractivity contribution in [1.82, 2.24) is 4.98 Å². The molecule has 1 atom stereocenters. The molecule has 3 nitrogen and oxygen atoms in total. The van der Waals surface area contributed by atoms with Crippen molar-refractivity contribution < 1.29 is 4.74 Å². The van der Waals surface area contributed by atoms with Crippen molar-refractivity contribution in [3.63, 3.8) is 0 Å². The minimum absolute atomic E-state index is 0.333. The molecule has 1 unspecified atom stereocenters. The third-order valence-electron chi connectivity index (χ3n) is 3.04. The van der Waals surface area contributed by atoms with E-state index in [1.54, 1.807) is 6.20 Å². The number of hydrogen-bond donors (Lipinski definition) is 1. The molecule has 0 amide bonds. The van der Waals surface area contributed by atoms with Gasteiger partial charge in [-0.15, -0.1) is 0 Å². The lowest BCUT2D eigenvalue weighted by atomic mass is 10.0. The second kappa shape index (κ2) is 8.03. The molecule has 0 radical (unpaired) electrons. The van der Waals surface area contributed by atoms with Gasteiger partial charge >= 0.3 is 0 Å². The summed E-state index contributed by atoms with van der Waals surface area (Å²) in [7, 11) is 0. The van der Waals surface area contributed by atoms with E-state index in [1.165, 1.54) is 19.3 Å². The van der Waals surface area contributed by atoms with Crippen molar-refractivity contribution in [2.24, 2.45) is 11.7 Å². The summed E-state index contributed by atoms with van der Waals surface area (Å²) in [5.74, 6) is 1.13. The first-order valence-electron chi connectivity index (χ1n) is 6.56. The molecule has 100 valence electrons. The molecule has 0 fully saturated rings. The van der Waals surface area contributed by atoms with Crippen LogP contribution in [0.4, 0.5) is 0 Å². The predicted molar refractivity (Wildman–Crippen MR) is 78.9 cm³/mol. The Bertz CT molecular complexity index is 382. The molecule has 0 aromatic carbocycles. The molecule has 0 spiro atoms. The summed E-state index contributed by atoms with van der Waals surface area (Å²) in [5, 5.41) is 0. The number of aromatic nitrogens is 1. The van der Waals surface area contributed by atoms with Crippen LogP contribution in [0.15, 0.2) is 18.3 Å². The first-order valence-corrected chi connectivity index (χ1v) is 6.97. The lowest BCUT2D eigenvalue weighted by Crippen LogP contribution is -2.16. The van der Waals surface area contributed by atoms with E-state index in [0.717, 1.165) is 12.0 Å². The highest BCUT2D eigenvalue weighted by atomic mass is 32.1. The third-order valence-corrected chi connectivity index (χ3v) is 3.26. The topological polar surface area (TPSA) is 48.1 Å². The Hall–Kier alpha value is -1.16. The fourth-order valence-electron chi connectivity index (χ4n) is 1.79. The van der Waals surface area contributed by atoms with E-state index >= 15 is 0 Å². The molecule has 0 saturated heterocycles. The molecule has 1 rings (SSSR count). The van der Waals surface area contributed by atoms with Crippen molar-refractivity contribution in [2.45, 2.75) is 39.5 Å². The van der Waals surface area contributed by atoms with Gasteiger partial charge in [-0.2, -0.15) is 0 Å². The Kier molecular flexibility index (Phi) is 6.65. The Morgan fingerprint density at radius 3 is 2.89 bits per heavy atom. The number of thiocarbonyl (C=S) groups is 1. The third kappa shape index (κ3) is 4.61.